The number of esters is 2. The maximum absolute atomic E-state index is 12.7. The molecule has 0 heterocycles. The number of allylic oxidation sites excluding steroid dienone is 9. The van der Waals surface area contributed by atoms with Crippen molar-refractivity contribution in [3.05, 3.63) is 60.8 Å². The van der Waals surface area contributed by atoms with Gasteiger partial charge < -0.3 is 28.5 Å². The Morgan fingerprint density at radius 3 is 1.29 bits per heavy atom. The van der Waals surface area contributed by atoms with Crippen molar-refractivity contribution in [2.24, 2.45) is 0 Å². The van der Waals surface area contributed by atoms with Crippen LogP contribution in [0.3, 0.4) is 0 Å². The normalized spacial score (nSPS) is 13.3. The largest absolute Gasteiger partial charge is 0.477 e. The molecule has 0 aromatic carbocycles. The number of nitrogens with zero attached hydrogens (tertiary/aromatic N) is 1. The van der Waals surface area contributed by atoms with Crippen molar-refractivity contribution in [3.63, 3.8) is 0 Å². The Bertz CT molecular complexity index is 1220. The van der Waals surface area contributed by atoms with E-state index < -0.39 is 24.3 Å². The lowest BCUT2D eigenvalue weighted by Gasteiger charge is -2.25. The van der Waals surface area contributed by atoms with Gasteiger partial charge in [0.25, 0.3) is 6.29 Å². The van der Waals surface area contributed by atoms with Gasteiger partial charge in [0.15, 0.2) is 6.10 Å². The molecule has 0 aliphatic carbocycles. The zero-order valence-electron chi connectivity index (χ0n) is 41.2. The van der Waals surface area contributed by atoms with E-state index in [2.05, 4.69) is 56.4 Å². The molecule has 0 saturated carbocycles. The molecule has 0 fully saturated rings. The molecule has 9 nitrogen and oxygen atoms in total. The molecule has 0 radical (unpaired) electrons. The predicted octanol–water partition coefficient (Wildman–Crippen LogP) is 14.1. The first-order chi connectivity index (χ1) is 30.6. The number of carboxylic acid groups (broad SMARTS) is 1. The molecule has 9 heteroatoms. The van der Waals surface area contributed by atoms with Gasteiger partial charge in [-0.3, -0.25) is 9.59 Å². The summed E-state index contributed by atoms with van der Waals surface area (Å²) >= 11 is 0. The van der Waals surface area contributed by atoms with E-state index in [0.717, 1.165) is 44.9 Å². The molecule has 0 spiro atoms. The van der Waals surface area contributed by atoms with E-state index >= 15 is 0 Å². The predicted molar refractivity (Wildman–Crippen MR) is 263 cm³/mol. The van der Waals surface area contributed by atoms with Gasteiger partial charge in [-0.2, -0.15) is 0 Å². The Morgan fingerprint density at radius 2 is 0.889 bits per heavy atom. The number of rotatable bonds is 46. The minimum atomic E-state index is -1.53. The van der Waals surface area contributed by atoms with Gasteiger partial charge in [0.05, 0.1) is 40.8 Å². The molecule has 364 valence electrons. The first-order valence-corrected chi connectivity index (χ1v) is 25.5. The van der Waals surface area contributed by atoms with Crippen molar-refractivity contribution in [1.82, 2.24) is 0 Å². The quantitative estimate of drug-likeness (QED) is 0.0212. The number of quaternary nitrogens is 1. The fourth-order valence-electron chi connectivity index (χ4n) is 6.91. The lowest BCUT2D eigenvalue weighted by atomic mass is 10.0. The summed E-state index contributed by atoms with van der Waals surface area (Å²) in [6.45, 7) is 4.66. The molecule has 0 aliphatic rings. The Labute approximate surface area is 386 Å². The summed E-state index contributed by atoms with van der Waals surface area (Å²) in [7, 11) is 5.93. The van der Waals surface area contributed by atoms with E-state index in [1.54, 1.807) is 6.08 Å². The summed E-state index contributed by atoms with van der Waals surface area (Å²) < 4.78 is 22.6. The number of carboxylic acids is 1. The van der Waals surface area contributed by atoms with Crippen molar-refractivity contribution in [2.75, 3.05) is 47.5 Å². The number of hydrogen-bond donors (Lipinski definition) is 1. The van der Waals surface area contributed by atoms with Crippen LogP contribution in [0.1, 0.15) is 206 Å². The third-order valence-corrected chi connectivity index (χ3v) is 10.8. The van der Waals surface area contributed by atoms with E-state index in [1.165, 1.54) is 128 Å². The molecule has 1 N–H and O–H groups in total. The first-order valence-electron chi connectivity index (χ1n) is 25.5. The van der Waals surface area contributed by atoms with Crippen LogP contribution in [0.15, 0.2) is 60.8 Å². The van der Waals surface area contributed by atoms with Gasteiger partial charge >= 0.3 is 17.9 Å². The standard InChI is InChI=1S/C54H95NO8/c1-6-8-10-12-14-16-18-20-22-23-24-25-26-27-28-29-31-32-34-36-38-40-42-44-51(56)61-48-50(49-62-54(53(58)59)60-47-46-55(3,4)5)63-52(57)45-43-41-39-37-35-33-30-21-19-17-15-13-11-9-7-2/h9,11,15,17,21,30,35,37,41,43,50,54H,6-8,10,12-14,16,18-20,22-29,31-34,36,38-40,42,44-49H2,1-5H3/p+1/b11-9-,17-15-,30-21-,37-35-,43-41-. The van der Waals surface area contributed by atoms with Gasteiger partial charge in [-0.15, -0.1) is 0 Å². The van der Waals surface area contributed by atoms with E-state index in [0.29, 0.717) is 17.4 Å². The second-order valence-electron chi connectivity index (χ2n) is 18.1. The van der Waals surface area contributed by atoms with Gasteiger partial charge in [-0.25, -0.2) is 4.79 Å². The van der Waals surface area contributed by atoms with E-state index in [1.807, 2.05) is 33.3 Å². The van der Waals surface area contributed by atoms with Crippen LogP contribution >= 0.6 is 0 Å². The van der Waals surface area contributed by atoms with Gasteiger partial charge in [0.2, 0.25) is 0 Å². The highest BCUT2D eigenvalue weighted by molar-refractivity contribution is 5.72. The summed E-state index contributed by atoms with van der Waals surface area (Å²) in [6, 6.07) is 0. The summed E-state index contributed by atoms with van der Waals surface area (Å²) in [5, 5.41) is 9.65. The van der Waals surface area contributed by atoms with Gasteiger partial charge in [-0.05, 0) is 38.5 Å². The summed E-state index contributed by atoms with van der Waals surface area (Å²) in [5.74, 6) is -2.17. The maximum atomic E-state index is 12.7. The molecule has 2 atom stereocenters. The van der Waals surface area contributed by atoms with Crippen LogP contribution in [-0.4, -0.2) is 87.4 Å². The van der Waals surface area contributed by atoms with E-state index in [4.69, 9.17) is 18.9 Å². The highest BCUT2D eigenvalue weighted by Gasteiger charge is 2.25. The average Bonchev–Trinajstić information content (AvgIpc) is 3.24. The molecule has 0 rings (SSSR count). The van der Waals surface area contributed by atoms with Crippen molar-refractivity contribution < 1.29 is 42.9 Å². The molecular weight excluding hydrogens is 791 g/mol. The number of ether oxygens (including phenoxy) is 4. The smallest absolute Gasteiger partial charge is 0.361 e. The molecule has 0 bridgehead atoms. The van der Waals surface area contributed by atoms with Crippen molar-refractivity contribution >= 4 is 17.9 Å². The average molecular weight is 887 g/mol. The van der Waals surface area contributed by atoms with Crippen molar-refractivity contribution in [2.45, 2.75) is 219 Å². The van der Waals surface area contributed by atoms with Crippen LogP contribution < -0.4 is 0 Å². The molecular formula is C54H96NO8+. The third-order valence-electron chi connectivity index (χ3n) is 10.8. The zero-order chi connectivity index (χ0) is 46.3. The number of unbranched alkanes of at least 4 members (excludes halogenated alkanes) is 22. The van der Waals surface area contributed by atoms with Crippen LogP contribution in [0, 0.1) is 0 Å². The number of hydrogen-bond acceptors (Lipinski definition) is 7. The van der Waals surface area contributed by atoms with Gasteiger partial charge in [0, 0.05) is 6.42 Å². The minimum absolute atomic E-state index is 0.0276. The summed E-state index contributed by atoms with van der Waals surface area (Å²) in [5.41, 5.74) is 0. The highest BCUT2D eigenvalue weighted by Crippen LogP contribution is 2.16. The number of carbonyl (C=O) groups is 3. The first kappa shape index (κ1) is 60.0. The molecule has 0 saturated heterocycles. The number of likely N-dealkylation sites (N-methyl/N-ethyl adjacent to an activating group) is 1. The van der Waals surface area contributed by atoms with E-state index in [9.17, 15) is 19.5 Å². The zero-order valence-corrected chi connectivity index (χ0v) is 41.2. The van der Waals surface area contributed by atoms with Gasteiger partial charge in [-0.1, -0.05) is 216 Å². The van der Waals surface area contributed by atoms with Crippen molar-refractivity contribution in [1.29, 1.82) is 0 Å². The second kappa shape index (κ2) is 45.6. The molecule has 0 amide bonds. The number of carbonyl (C=O) groups excluding carboxylic acids is 2. The van der Waals surface area contributed by atoms with E-state index in [-0.39, 0.29) is 38.6 Å². The molecule has 63 heavy (non-hydrogen) atoms. The third kappa shape index (κ3) is 46.8. The lowest BCUT2D eigenvalue weighted by molar-refractivity contribution is -0.870. The Balaban J connectivity index is 4.35. The lowest BCUT2D eigenvalue weighted by Crippen LogP contribution is -2.40. The van der Waals surface area contributed by atoms with Crippen LogP contribution in [0.4, 0.5) is 0 Å². The Morgan fingerprint density at radius 1 is 0.492 bits per heavy atom. The topological polar surface area (TPSA) is 108 Å². The molecule has 0 aliphatic heterocycles. The summed E-state index contributed by atoms with van der Waals surface area (Å²) in [6.07, 6.45) is 53.3. The second-order valence-corrected chi connectivity index (χ2v) is 18.1. The molecule has 0 aromatic heterocycles. The minimum Gasteiger partial charge on any atom is -0.477 e. The Hall–Kier alpha value is -3.01. The van der Waals surface area contributed by atoms with Crippen LogP contribution in [0.2, 0.25) is 0 Å². The fourth-order valence-corrected chi connectivity index (χ4v) is 6.91. The van der Waals surface area contributed by atoms with Gasteiger partial charge in [0.1, 0.15) is 13.2 Å². The molecule has 0 aromatic rings. The monoisotopic (exact) mass is 887 g/mol. The number of aliphatic carboxylic acids is 1. The summed E-state index contributed by atoms with van der Waals surface area (Å²) in [4.78, 5) is 37.2. The Kier molecular flexibility index (Phi) is 43.4. The maximum Gasteiger partial charge on any atom is 0.361 e. The van der Waals surface area contributed by atoms with Crippen LogP contribution in [0.5, 0.6) is 0 Å². The SMILES string of the molecule is CC/C=C\C/C=C\C/C=C\C/C=C\C/C=C\CC(=O)OC(COC(=O)CCCCCCCCCCCCCCCCCCCCCCCCC)COC(OCC[N+](C)(C)C)C(=O)O. The fraction of sp³-hybridized carbons (Fsp3) is 0.759. The van der Waals surface area contributed by atoms with Crippen LogP contribution in [-0.2, 0) is 33.3 Å². The van der Waals surface area contributed by atoms with Crippen LogP contribution in [0.25, 0.3) is 0 Å². The molecule has 2 unspecified atom stereocenters. The van der Waals surface area contributed by atoms with Crippen molar-refractivity contribution in [3.8, 4) is 0 Å². The highest BCUT2D eigenvalue weighted by atomic mass is 16.7.